The summed E-state index contributed by atoms with van der Waals surface area (Å²) >= 11 is 1.10. The van der Waals surface area contributed by atoms with Gasteiger partial charge in [-0.1, -0.05) is 24.7 Å². The van der Waals surface area contributed by atoms with Gasteiger partial charge in [0.05, 0.1) is 56.9 Å². The number of fused-ring (bicyclic) bond motifs is 1. The summed E-state index contributed by atoms with van der Waals surface area (Å²) < 4.78 is 33.9. The molecule has 0 bridgehead atoms. The number of carbonyl (C=O) groups excluding carboxylic acids is 1. The van der Waals surface area contributed by atoms with Crippen LogP contribution in [0.5, 0.6) is 5.75 Å². The molecule has 0 aliphatic carbocycles. The number of thiophene rings is 1. The molecule has 3 aromatic heterocycles. The molecule has 4 aromatic rings. The maximum atomic E-state index is 14.6. The molecule has 4 rings (SSSR count). The van der Waals surface area contributed by atoms with Crippen molar-refractivity contribution in [1.29, 1.82) is 0 Å². The van der Waals surface area contributed by atoms with Crippen LogP contribution >= 0.6 is 11.3 Å². The average Bonchev–Trinajstić information content (AvgIpc) is 3.66. The van der Waals surface area contributed by atoms with E-state index in [1.165, 1.54) is 67.8 Å². The zero-order valence-corrected chi connectivity index (χ0v) is 27.6. The number of benzene rings is 1. The molecule has 0 aliphatic rings. The van der Waals surface area contributed by atoms with Crippen LogP contribution in [0.25, 0.3) is 15.2 Å². The SMILES string of the molecule is CCCCOC(=O)C(C)(C)n1c(=O)c2c(C)c(-n3nccn3)sc2n(C[C@H](OCCC(C)(O)CO)c2cc(F)ccc2OC)c1=O. The Bertz CT molecular complexity index is 1790. The third-order valence-electron chi connectivity index (χ3n) is 7.76. The van der Waals surface area contributed by atoms with E-state index in [0.29, 0.717) is 17.0 Å². The maximum Gasteiger partial charge on any atom is 0.333 e. The first-order valence-corrected chi connectivity index (χ1v) is 15.7. The third-order valence-corrected chi connectivity index (χ3v) is 9.05. The second-order valence-corrected chi connectivity index (χ2v) is 12.7. The van der Waals surface area contributed by atoms with E-state index < -0.39 is 46.9 Å². The van der Waals surface area contributed by atoms with Crippen LogP contribution in [0.15, 0.2) is 40.2 Å². The van der Waals surface area contributed by atoms with Crippen molar-refractivity contribution >= 4 is 27.5 Å². The van der Waals surface area contributed by atoms with Crippen LogP contribution in [0.4, 0.5) is 4.39 Å². The number of hydrogen-bond acceptors (Lipinski definition) is 11. The lowest BCUT2D eigenvalue weighted by Crippen LogP contribution is -2.53. The first-order valence-electron chi connectivity index (χ1n) is 14.9. The van der Waals surface area contributed by atoms with E-state index in [1.54, 1.807) is 6.92 Å². The van der Waals surface area contributed by atoms with Gasteiger partial charge in [-0.25, -0.2) is 18.5 Å². The summed E-state index contributed by atoms with van der Waals surface area (Å²) in [5.41, 5.74) is -3.92. The van der Waals surface area contributed by atoms with Gasteiger partial charge in [0, 0.05) is 17.5 Å². The largest absolute Gasteiger partial charge is 0.496 e. The molecule has 46 heavy (non-hydrogen) atoms. The minimum atomic E-state index is -1.71. The molecule has 0 saturated carbocycles. The number of aromatic nitrogens is 5. The molecular formula is C31H40FN5O8S. The van der Waals surface area contributed by atoms with Gasteiger partial charge in [0.15, 0.2) is 0 Å². The molecule has 15 heteroatoms. The summed E-state index contributed by atoms with van der Waals surface area (Å²) in [4.78, 5) is 43.5. The number of esters is 1. The summed E-state index contributed by atoms with van der Waals surface area (Å²) in [6.07, 6.45) is 3.33. The number of ether oxygens (including phenoxy) is 3. The maximum absolute atomic E-state index is 14.6. The third kappa shape index (κ3) is 7.07. The standard InChI is InChI=1S/C31H40FN5O8S/c1-7-8-14-45-28(40)30(3,4)36-25(39)24-19(2)26(37-33-12-13-34-37)46-27(24)35(29(36)41)17-23(44-15-11-31(5,42)18-38)21-16-20(32)9-10-22(21)43-6/h9-10,12-13,16,23,38,42H,7-8,11,14-15,17-18H2,1-6H3/t23-,31?/m0/s1. The van der Waals surface area contributed by atoms with Crippen LogP contribution in [0.2, 0.25) is 0 Å². The van der Waals surface area contributed by atoms with Crippen molar-refractivity contribution in [2.45, 2.75) is 77.7 Å². The molecule has 2 atom stereocenters. The Morgan fingerprint density at radius 1 is 1.15 bits per heavy atom. The summed E-state index contributed by atoms with van der Waals surface area (Å²) in [5.74, 6) is -1.05. The molecule has 1 aromatic carbocycles. The highest BCUT2D eigenvalue weighted by Crippen LogP contribution is 2.34. The minimum Gasteiger partial charge on any atom is -0.496 e. The van der Waals surface area contributed by atoms with Crippen molar-refractivity contribution < 1.29 is 33.6 Å². The lowest BCUT2D eigenvalue weighted by Gasteiger charge is -2.28. The number of hydrogen-bond donors (Lipinski definition) is 2. The summed E-state index contributed by atoms with van der Waals surface area (Å²) in [7, 11) is 1.41. The topological polar surface area (TPSA) is 160 Å². The lowest BCUT2D eigenvalue weighted by molar-refractivity contribution is -0.153. The Hall–Kier alpha value is -3.92. The zero-order chi connectivity index (χ0) is 33.8. The molecule has 0 radical (unpaired) electrons. The summed E-state index contributed by atoms with van der Waals surface area (Å²) in [6, 6.07) is 3.87. The molecule has 0 aliphatic heterocycles. The fraction of sp³-hybridized carbons (Fsp3) is 0.516. The monoisotopic (exact) mass is 661 g/mol. The average molecular weight is 662 g/mol. The van der Waals surface area contributed by atoms with Crippen LogP contribution in [-0.4, -0.2) is 72.8 Å². The fourth-order valence-corrected chi connectivity index (χ4v) is 6.16. The number of methoxy groups -OCH3 is 1. The number of nitrogens with zero attached hydrogens (tertiary/aromatic N) is 5. The van der Waals surface area contributed by atoms with Gasteiger partial charge in [0.1, 0.15) is 33.0 Å². The number of aliphatic hydroxyl groups excluding tert-OH is 1. The van der Waals surface area contributed by atoms with Crippen molar-refractivity contribution in [2.75, 3.05) is 26.9 Å². The van der Waals surface area contributed by atoms with E-state index in [4.69, 9.17) is 14.2 Å². The Morgan fingerprint density at radius 2 is 1.85 bits per heavy atom. The summed E-state index contributed by atoms with van der Waals surface area (Å²) in [5, 5.41) is 28.9. The Balaban J connectivity index is 1.96. The van der Waals surface area contributed by atoms with Gasteiger partial charge < -0.3 is 24.4 Å². The van der Waals surface area contributed by atoms with E-state index in [0.717, 1.165) is 22.3 Å². The Kier molecular flexibility index (Phi) is 10.8. The van der Waals surface area contributed by atoms with E-state index in [1.807, 2.05) is 6.92 Å². The second kappa shape index (κ2) is 14.2. The first-order chi connectivity index (χ1) is 21.8. The van der Waals surface area contributed by atoms with E-state index in [9.17, 15) is 29.0 Å². The van der Waals surface area contributed by atoms with Gasteiger partial charge in [0.2, 0.25) is 0 Å². The highest BCUT2D eigenvalue weighted by molar-refractivity contribution is 7.21. The molecule has 250 valence electrons. The fourth-order valence-electron chi connectivity index (χ4n) is 4.94. The van der Waals surface area contributed by atoms with Crippen LogP contribution < -0.4 is 16.0 Å². The lowest BCUT2D eigenvalue weighted by atomic mass is 10.0. The van der Waals surface area contributed by atoms with Gasteiger partial charge in [0.25, 0.3) is 5.56 Å². The highest BCUT2D eigenvalue weighted by atomic mass is 32.1. The first kappa shape index (κ1) is 34.9. The number of aliphatic hydroxyl groups is 2. The van der Waals surface area contributed by atoms with Crippen molar-refractivity contribution in [3.05, 3.63) is 68.4 Å². The molecule has 0 fully saturated rings. The number of halogens is 1. The van der Waals surface area contributed by atoms with Gasteiger partial charge in [-0.2, -0.15) is 10.2 Å². The van der Waals surface area contributed by atoms with Crippen LogP contribution in [0.3, 0.4) is 0 Å². The number of rotatable bonds is 15. The predicted molar refractivity (Wildman–Crippen MR) is 169 cm³/mol. The molecular weight excluding hydrogens is 621 g/mol. The van der Waals surface area contributed by atoms with Crippen molar-refractivity contribution in [3.8, 4) is 10.8 Å². The highest BCUT2D eigenvalue weighted by Gasteiger charge is 2.37. The zero-order valence-electron chi connectivity index (χ0n) is 26.8. The molecule has 2 N–H and O–H groups in total. The second-order valence-electron chi connectivity index (χ2n) is 11.8. The van der Waals surface area contributed by atoms with Crippen molar-refractivity contribution in [2.24, 2.45) is 0 Å². The normalized spacial score (nSPS) is 13.9. The summed E-state index contributed by atoms with van der Waals surface area (Å²) in [6.45, 7) is 7.25. The predicted octanol–water partition coefficient (Wildman–Crippen LogP) is 3.23. The minimum absolute atomic E-state index is 0.0191. The Morgan fingerprint density at radius 3 is 2.48 bits per heavy atom. The van der Waals surface area contributed by atoms with Crippen LogP contribution in [0.1, 0.15) is 64.2 Å². The number of unbranched alkanes of at least 4 members (excludes halogenated alkanes) is 1. The van der Waals surface area contributed by atoms with Crippen LogP contribution in [0, 0.1) is 12.7 Å². The van der Waals surface area contributed by atoms with E-state index >= 15 is 0 Å². The molecule has 3 heterocycles. The van der Waals surface area contributed by atoms with Gasteiger partial charge >= 0.3 is 11.7 Å². The van der Waals surface area contributed by atoms with Gasteiger partial charge in [-0.15, -0.1) is 4.80 Å². The van der Waals surface area contributed by atoms with Gasteiger partial charge in [-0.05, 0) is 52.3 Å². The van der Waals surface area contributed by atoms with Gasteiger partial charge in [-0.3, -0.25) is 9.36 Å². The van der Waals surface area contributed by atoms with Crippen molar-refractivity contribution in [3.63, 3.8) is 0 Å². The molecule has 1 unspecified atom stereocenters. The van der Waals surface area contributed by atoms with E-state index in [2.05, 4.69) is 10.2 Å². The Labute approximate surface area is 268 Å². The molecule has 13 nitrogen and oxygen atoms in total. The molecule has 0 spiro atoms. The van der Waals surface area contributed by atoms with E-state index in [-0.39, 0.29) is 47.7 Å². The smallest absolute Gasteiger partial charge is 0.333 e. The molecule has 0 amide bonds. The van der Waals surface area contributed by atoms with Crippen LogP contribution in [-0.2, 0) is 26.4 Å². The number of aryl methyl sites for hydroxylation is 1. The number of carbonyl (C=O) groups is 1. The molecule has 0 saturated heterocycles. The van der Waals surface area contributed by atoms with Crippen molar-refractivity contribution in [1.82, 2.24) is 24.1 Å². The quantitative estimate of drug-likeness (QED) is 0.143.